The molecule has 1 aromatic rings. The molecule has 0 aliphatic carbocycles. The lowest BCUT2D eigenvalue weighted by atomic mass is 10.2. The largest absolute Gasteiger partial charge is 0.397 e. The van der Waals surface area contributed by atoms with Crippen molar-refractivity contribution in [2.45, 2.75) is 25.8 Å². The molecular formula is C14H22BrN3. The minimum atomic E-state index is 0.665. The van der Waals surface area contributed by atoms with E-state index in [0.717, 1.165) is 28.9 Å². The highest BCUT2D eigenvalue weighted by atomic mass is 79.9. The Hall–Kier alpha value is -0.740. The highest BCUT2D eigenvalue weighted by molar-refractivity contribution is 9.10. The predicted molar refractivity (Wildman–Crippen MR) is 82.1 cm³/mol. The van der Waals surface area contributed by atoms with Crippen molar-refractivity contribution in [2.75, 3.05) is 37.3 Å². The summed E-state index contributed by atoms with van der Waals surface area (Å²) in [6.07, 6.45) is 2.62. The Labute approximate surface area is 118 Å². The number of nitrogens with two attached hydrogens (primary N) is 1. The van der Waals surface area contributed by atoms with Crippen LogP contribution in [0.2, 0.25) is 0 Å². The van der Waals surface area contributed by atoms with Gasteiger partial charge in [0.2, 0.25) is 0 Å². The van der Waals surface area contributed by atoms with Crippen LogP contribution in [0.15, 0.2) is 22.7 Å². The maximum absolute atomic E-state index is 6.06. The van der Waals surface area contributed by atoms with E-state index in [0.29, 0.717) is 6.04 Å². The molecule has 1 saturated heterocycles. The number of hydrogen-bond donors (Lipinski definition) is 1. The summed E-state index contributed by atoms with van der Waals surface area (Å²) in [5.41, 5.74) is 8.02. The molecule has 1 heterocycles. The Kier molecular flexibility index (Phi) is 4.51. The second kappa shape index (κ2) is 5.93. The van der Waals surface area contributed by atoms with E-state index in [1.165, 1.54) is 19.4 Å². The van der Waals surface area contributed by atoms with Crippen molar-refractivity contribution in [3.8, 4) is 0 Å². The molecule has 1 aromatic carbocycles. The zero-order valence-corrected chi connectivity index (χ0v) is 12.8. The van der Waals surface area contributed by atoms with Crippen molar-refractivity contribution in [3.05, 3.63) is 22.7 Å². The van der Waals surface area contributed by atoms with Gasteiger partial charge >= 0.3 is 0 Å². The summed E-state index contributed by atoms with van der Waals surface area (Å²) in [6.45, 7) is 5.68. The molecule has 1 fully saturated rings. The van der Waals surface area contributed by atoms with Gasteiger partial charge in [0.05, 0.1) is 11.4 Å². The lowest BCUT2D eigenvalue weighted by molar-refractivity contribution is 0.270. The molecule has 18 heavy (non-hydrogen) atoms. The van der Waals surface area contributed by atoms with E-state index < -0.39 is 0 Å². The van der Waals surface area contributed by atoms with Gasteiger partial charge in [-0.25, -0.2) is 0 Å². The van der Waals surface area contributed by atoms with Gasteiger partial charge in [-0.15, -0.1) is 0 Å². The molecule has 3 nitrogen and oxygen atoms in total. The van der Waals surface area contributed by atoms with E-state index in [-0.39, 0.29) is 0 Å². The fraction of sp³-hybridized carbons (Fsp3) is 0.571. The monoisotopic (exact) mass is 311 g/mol. The lowest BCUT2D eigenvalue weighted by Gasteiger charge is -2.29. The predicted octanol–water partition coefficient (Wildman–Crippen LogP) is 2.95. The van der Waals surface area contributed by atoms with Crippen LogP contribution in [-0.2, 0) is 0 Å². The summed E-state index contributed by atoms with van der Waals surface area (Å²) >= 11 is 3.51. The molecule has 1 aliphatic rings. The van der Waals surface area contributed by atoms with Crippen molar-refractivity contribution in [1.82, 2.24) is 4.90 Å². The molecule has 1 unspecified atom stereocenters. The Bertz CT molecular complexity index is 408. The van der Waals surface area contributed by atoms with Crippen LogP contribution in [-0.4, -0.2) is 37.6 Å². The van der Waals surface area contributed by atoms with Gasteiger partial charge in [0.1, 0.15) is 0 Å². The number of rotatable bonds is 4. The fourth-order valence-electron chi connectivity index (χ4n) is 2.78. The highest BCUT2D eigenvalue weighted by Gasteiger charge is 2.24. The zero-order chi connectivity index (χ0) is 13.1. The molecule has 2 N–H and O–H groups in total. The average molecular weight is 312 g/mol. The second-order valence-corrected chi connectivity index (χ2v) is 5.92. The molecule has 1 atom stereocenters. The maximum Gasteiger partial charge on any atom is 0.0609 e. The van der Waals surface area contributed by atoms with Crippen molar-refractivity contribution < 1.29 is 0 Å². The molecule has 1 aliphatic heterocycles. The summed E-state index contributed by atoms with van der Waals surface area (Å²) in [6, 6.07) is 6.71. The Morgan fingerprint density at radius 1 is 1.50 bits per heavy atom. The van der Waals surface area contributed by atoms with Crippen LogP contribution < -0.4 is 10.6 Å². The molecule has 0 radical (unpaired) electrons. The van der Waals surface area contributed by atoms with Gasteiger partial charge in [-0.1, -0.05) is 22.9 Å². The van der Waals surface area contributed by atoms with Crippen LogP contribution in [0.5, 0.6) is 0 Å². The third-order valence-corrected chi connectivity index (χ3v) is 4.29. The quantitative estimate of drug-likeness (QED) is 0.868. The third-order valence-electron chi connectivity index (χ3n) is 3.79. The van der Waals surface area contributed by atoms with Crippen LogP contribution in [0.25, 0.3) is 0 Å². The molecule has 100 valence electrons. The first kappa shape index (κ1) is 13.7. The average Bonchev–Trinajstić information content (AvgIpc) is 2.79. The first-order valence-electron chi connectivity index (χ1n) is 6.62. The van der Waals surface area contributed by atoms with Gasteiger partial charge in [-0.2, -0.15) is 0 Å². The van der Waals surface area contributed by atoms with Crippen molar-refractivity contribution in [3.63, 3.8) is 0 Å². The Balaban J connectivity index is 2.07. The van der Waals surface area contributed by atoms with E-state index in [4.69, 9.17) is 5.73 Å². The van der Waals surface area contributed by atoms with Gasteiger partial charge < -0.3 is 10.6 Å². The molecule has 0 amide bonds. The molecule has 0 bridgehead atoms. The summed E-state index contributed by atoms with van der Waals surface area (Å²) in [5, 5.41) is 0. The van der Waals surface area contributed by atoms with Crippen LogP contribution >= 0.6 is 15.9 Å². The van der Waals surface area contributed by atoms with E-state index in [2.05, 4.69) is 45.8 Å². The van der Waals surface area contributed by atoms with Gasteiger partial charge in [-0.3, -0.25) is 4.90 Å². The standard InChI is InChI=1S/C14H22BrN3/c1-3-18-8-4-5-12(18)10-17(2)14-9-11(15)6-7-13(14)16/h6-7,9,12H,3-5,8,10,16H2,1-2H3. The van der Waals surface area contributed by atoms with Crippen LogP contribution in [0.4, 0.5) is 11.4 Å². The Morgan fingerprint density at radius 3 is 3.00 bits per heavy atom. The topological polar surface area (TPSA) is 32.5 Å². The number of nitrogens with zero attached hydrogens (tertiary/aromatic N) is 2. The molecule has 0 spiro atoms. The lowest BCUT2D eigenvalue weighted by Crippen LogP contribution is -2.38. The zero-order valence-electron chi connectivity index (χ0n) is 11.2. The van der Waals surface area contributed by atoms with Crippen molar-refractivity contribution in [2.24, 2.45) is 0 Å². The minimum Gasteiger partial charge on any atom is -0.397 e. The van der Waals surface area contributed by atoms with Crippen LogP contribution in [0, 0.1) is 0 Å². The SMILES string of the molecule is CCN1CCCC1CN(C)c1cc(Br)ccc1N. The van der Waals surface area contributed by atoms with Gasteiger partial charge in [0, 0.05) is 24.1 Å². The second-order valence-electron chi connectivity index (χ2n) is 5.01. The molecular weight excluding hydrogens is 290 g/mol. The van der Waals surface area contributed by atoms with Crippen molar-refractivity contribution >= 4 is 27.3 Å². The molecule has 0 aromatic heterocycles. The smallest absolute Gasteiger partial charge is 0.0609 e. The fourth-order valence-corrected chi connectivity index (χ4v) is 3.13. The van der Waals surface area contributed by atoms with Gasteiger partial charge in [0.15, 0.2) is 0 Å². The number of halogens is 1. The molecule has 0 saturated carbocycles. The van der Waals surface area contributed by atoms with E-state index >= 15 is 0 Å². The maximum atomic E-state index is 6.06. The van der Waals surface area contributed by atoms with Crippen LogP contribution in [0.3, 0.4) is 0 Å². The number of hydrogen-bond acceptors (Lipinski definition) is 3. The summed E-state index contributed by atoms with van der Waals surface area (Å²) in [7, 11) is 2.13. The van der Waals surface area contributed by atoms with Gasteiger partial charge in [0.25, 0.3) is 0 Å². The first-order chi connectivity index (χ1) is 8.61. The number of likely N-dealkylation sites (N-methyl/N-ethyl adjacent to an activating group) is 2. The van der Waals surface area contributed by atoms with E-state index in [1.807, 2.05) is 12.1 Å². The number of anilines is 2. The summed E-state index contributed by atoms with van der Waals surface area (Å²) in [5.74, 6) is 0. The van der Waals surface area contributed by atoms with Crippen LogP contribution in [0.1, 0.15) is 19.8 Å². The number of likely N-dealkylation sites (tertiary alicyclic amines) is 1. The number of nitrogen functional groups attached to an aromatic ring is 1. The minimum absolute atomic E-state index is 0.665. The number of benzene rings is 1. The first-order valence-corrected chi connectivity index (χ1v) is 7.41. The molecule has 4 heteroatoms. The Morgan fingerprint density at radius 2 is 2.28 bits per heavy atom. The van der Waals surface area contributed by atoms with E-state index in [1.54, 1.807) is 0 Å². The highest BCUT2D eigenvalue weighted by Crippen LogP contribution is 2.28. The van der Waals surface area contributed by atoms with Crippen molar-refractivity contribution in [1.29, 1.82) is 0 Å². The van der Waals surface area contributed by atoms with E-state index in [9.17, 15) is 0 Å². The van der Waals surface area contributed by atoms with Gasteiger partial charge in [-0.05, 0) is 44.1 Å². The molecule has 2 rings (SSSR count). The summed E-state index contributed by atoms with van der Waals surface area (Å²) in [4.78, 5) is 4.84. The summed E-state index contributed by atoms with van der Waals surface area (Å²) < 4.78 is 1.08. The third kappa shape index (κ3) is 2.98. The normalized spacial score (nSPS) is 20.3.